The van der Waals surface area contributed by atoms with Crippen LogP contribution in [0.5, 0.6) is 0 Å². The smallest absolute Gasteiger partial charge is 0.281 e. The molecule has 0 saturated carbocycles. The average molecular weight is 349 g/mol. The zero-order chi connectivity index (χ0) is 15.7. The SMILES string of the molecule is O=C1/C(=C/c2cccc(Cl)c2)NC(=S)N1c1cccc(Cl)c1. The number of halogens is 2. The van der Waals surface area contributed by atoms with Gasteiger partial charge in [-0.3, -0.25) is 9.69 Å². The number of nitrogens with zero attached hydrogens (tertiary/aromatic N) is 1. The molecule has 3 nitrogen and oxygen atoms in total. The molecule has 0 unspecified atom stereocenters. The van der Waals surface area contributed by atoms with Gasteiger partial charge in [-0.15, -0.1) is 0 Å². The van der Waals surface area contributed by atoms with Crippen molar-refractivity contribution in [2.75, 3.05) is 4.90 Å². The van der Waals surface area contributed by atoms with E-state index >= 15 is 0 Å². The molecule has 0 aliphatic carbocycles. The maximum Gasteiger partial charge on any atom is 0.281 e. The van der Waals surface area contributed by atoms with E-state index in [4.69, 9.17) is 35.4 Å². The first-order valence-electron chi connectivity index (χ1n) is 6.43. The Hall–Kier alpha value is -1.88. The molecule has 0 radical (unpaired) electrons. The average Bonchev–Trinajstić information content (AvgIpc) is 2.73. The number of rotatable bonds is 2. The Morgan fingerprint density at radius 2 is 1.73 bits per heavy atom. The maximum atomic E-state index is 12.5. The molecular formula is C16H10Cl2N2OS. The van der Waals surface area contributed by atoms with Crippen LogP contribution in [0.4, 0.5) is 5.69 Å². The largest absolute Gasteiger partial charge is 0.327 e. The van der Waals surface area contributed by atoms with Gasteiger partial charge in [0, 0.05) is 10.0 Å². The molecule has 0 spiro atoms. The number of thiocarbonyl (C=S) groups is 1. The highest BCUT2D eigenvalue weighted by molar-refractivity contribution is 7.80. The van der Waals surface area contributed by atoms with Gasteiger partial charge in [-0.05, 0) is 54.2 Å². The molecule has 1 N–H and O–H groups in total. The Bertz CT molecular complexity index is 804. The van der Waals surface area contributed by atoms with E-state index in [-0.39, 0.29) is 5.91 Å². The van der Waals surface area contributed by atoms with E-state index < -0.39 is 0 Å². The zero-order valence-corrected chi connectivity index (χ0v) is 13.5. The van der Waals surface area contributed by atoms with E-state index in [2.05, 4.69) is 5.32 Å². The quantitative estimate of drug-likeness (QED) is 0.650. The van der Waals surface area contributed by atoms with Gasteiger partial charge >= 0.3 is 0 Å². The number of carbonyl (C=O) groups is 1. The Labute approximate surface area is 143 Å². The highest BCUT2D eigenvalue weighted by Crippen LogP contribution is 2.25. The second-order valence-electron chi connectivity index (χ2n) is 4.66. The third-order valence-electron chi connectivity index (χ3n) is 3.10. The van der Waals surface area contributed by atoms with Crippen molar-refractivity contribution >= 4 is 58.2 Å². The molecule has 0 aromatic heterocycles. The van der Waals surface area contributed by atoms with Crippen molar-refractivity contribution < 1.29 is 4.79 Å². The summed E-state index contributed by atoms with van der Waals surface area (Å²) >= 11 is 17.2. The van der Waals surface area contributed by atoms with Crippen molar-refractivity contribution in [1.29, 1.82) is 0 Å². The van der Waals surface area contributed by atoms with Gasteiger partial charge in [0.15, 0.2) is 5.11 Å². The number of carbonyl (C=O) groups excluding carboxylic acids is 1. The fourth-order valence-corrected chi connectivity index (χ4v) is 2.83. The van der Waals surface area contributed by atoms with Crippen LogP contribution >= 0.6 is 35.4 Å². The first-order chi connectivity index (χ1) is 10.5. The number of anilines is 1. The van der Waals surface area contributed by atoms with Gasteiger partial charge in [0.2, 0.25) is 0 Å². The Morgan fingerprint density at radius 3 is 2.41 bits per heavy atom. The van der Waals surface area contributed by atoms with Crippen molar-refractivity contribution in [3.63, 3.8) is 0 Å². The van der Waals surface area contributed by atoms with Gasteiger partial charge in [-0.25, -0.2) is 0 Å². The van der Waals surface area contributed by atoms with Gasteiger partial charge in [0.25, 0.3) is 5.91 Å². The summed E-state index contributed by atoms with van der Waals surface area (Å²) in [6.45, 7) is 0. The van der Waals surface area contributed by atoms with E-state index in [0.717, 1.165) is 5.56 Å². The predicted octanol–water partition coefficient (Wildman–Crippen LogP) is 4.26. The van der Waals surface area contributed by atoms with Crippen LogP contribution in [-0.2, 0) is 4.79 Å². The van der Waals surface area contributed by atoms with E-state index in [1.54, 1.807) is 42.5 Å². The molecule has 22 heavy (non-hydrogen) atoms. The zero-order valence-electron chi connectivity index (χ0n) is 11.2. The summed E-state index contributed by atoms with van der Waals surface area (Å²) in [5.41, 5.74) is 1.84. The molecule has 1 fully saturated rings. The van der Waals surface area contributed by atoms with Crippen molar-refractivity contribution in [2.45, 2.75) is 0 Å². The molecule has 1 amide bonds. The molecule has 3 rings (SSSR count). The first-order valence-corrected chi connectivity index (χ1v) is 7.59. The molecule has 1 saturated heterocycles. The van der Waals surface area contributed by atoms with E-state index in [9.17, 15) is 4.79 Å². The van der Waals surface area contributed by atoms with Crippen molar-refractivity contribution in [3.8, 4) is 0 Å². The highest BCUT2D eigenvalue weighted by atomic mass is 35.5. The Balaban J connectivity index is 1.95. The maximum absolute atomic E-state index is 12.5. The third-order valence-corrected chi connectivity index (χ3v) is 3.86. The number of amides is 1. The number of benzene rings is 2. The summed E-state index contributed by atoms with van der Waals surface area (Å²) in [4.78, 5) is 14.0. The van der Waals surface area contributed by atoms with Crippen molar-refractivity contribution in [2.24, 2.45) is 0 Å². The summed E-state index contributed by atoms with van der Waals surface area (Å²) in [5.74, 6) is -0.229. The topological polar surface area (TPSA) is 32.3 Å². The minimum absolute atomic E-state index is 0.229. The van der Waals surface area contributed by atoms with E-state index in [0.29, 0.717) is 26.5 Å². The third kappa shape index (κ3) is 2.99. The lowest BCUT2D eigenvalue weighted by molar-refractivity contribution is -0.113. The highest BCUT2D eigenvalue weighted by Gasteiger charge is 2.31. The van der Waals surface area contributed by atoms with Crippen LogP contribution in [0, 0.1) is 0 Å². The molecule has 1 heterocycles. The lowest BCUT2D eigenvalue weighted by atomic mass is 10.2. The summed E-state index contributed by atoms with van der Waals surface area (Å²) in [5, 5.41) is 4.39. The molecule has 2 aromatic carbocycles. The fourth-order valence-electron chi connectivity index (χ4n) is 2.15. The van der Waals surface area contributed by atoms with Gasteiger partial charge < -0.3 is 5.32 Å². The van der Waals surface area contributed by atoms with Gasteiger partial charge in [0.1, 0.15) is 5.70 Å². The van der Waals surface area contributed by atoms with Crippen LogP contribution < -0.4 is 10.2 Å². The van der Waals surface area contributed by atoms with E-state index in [1.807, 2.05) is 12.1 Å². The molecule has 1 aliphatic rings. The minimum Gasteiger partial charge on any atom is -0.327 e. The monoisotopic (exact) mass is 348 g/mol. The summed E-state index contributed by atoms with van der Waals surface area (Å²) < 4.78 is 0. The van der Waals surface area contributed by atoms with Crippen molar-refractivity contribution in [1.82, 2.24) is 5.32 Å². The number of hydrogen-bond acceptors (Lipinski definition) is 2. The Morgan fingerprint density at radius 1 is 1.05 bits per heavy atom. The van der Waals surface area contributed by atoms with Gasteiger partial charge in [0.05, 0.1) is 5.69 Å². The number of nitrogens with one attached hydrogen (secondary N) is 1. The fraction of sp³-hybridized carbons (Fsp3) is 0. The minimum atomic E-state index is -0.229. The predicted molar refractivity (Wildman–Crippen MR) is 94.1 cm³/mol. The van der Waals surface area contributed by atoms with Crippen LogP contribution in [0.25, 0.3) is 6.08 Å². The summed E-state index contributed by atoms with van der Waals surface area (Å²) in [6.07, 6.45) is 1.71. The number of hydrogen-bond donors (Lipinski definition) is 1. The molecule has 1 aliphatic heterocycles. The lowest BCUT2D eigenvalue weighted by Crippen LogP contribution is -2.30. The molecule has 0 atom stereocenters. The normalized spacial score (nSPS) is 16.3. The van der Waals surface area contributed by atoms with Gasteiger partial charge in [-0.2, -0.15) is 0 Å². The van der Waals surface area contributed by atoms with Crippen LogP contribution in [0.2, 0.25) is 10.0 Å². The molecule has 110 valence electrons. The standard InChI is InChI=1S/C16H10Cl2N2OS/c17-11-4-1-3-10(7-11)8-14-15(21)20(16(22)19-14)13-6-2-5-12(18)9-13/h1-9H,(H,19,22)/b14-8-. The van der Waals surface area contributed by atoms with Gasteiger partial charge in [-0.1, -0.05) is 41.4 Å². The summed E-state index contributed by atoms with van der Waals surface area (Å²) in [7, 11) is 0. The lowest BCUT2D eigenvalue weighted by Gasteiger charge is -2.13. The van der Waals surface area contributed by atoms with Crippen LogP contribution in [0.1, 0.15) is 5.56 Å². The molecular weight excluding hydrogens is 339 g/mol. The molecule has 2 aromatic rings. The second kappa shape index (κ2) is 6.08. The van der Waals surface area contributed by atoms with Crippen LogP contribution in [-0.4, -0.2) is 11.0 Å². The van der Waals surface area contributed by atoms with E-state index in [1.165, 1.54) is 4.90 Å². The van der Waals surface area contributed by atoms with Crippen LogP contribution in [0.3, 0.4) is 0 Å². The molecule has 6 heteroatoms. The molecule has 0 bridgehead atoms. The first kappa shape index (κ1) is 15.0. The Kier molecular flexibility index (Phi) is 4.16. The van der Waals surface area contributed by atoms with Crippen molar-refractivity contribution in [3.05, 3.63) is 69.8 Å². The van der Waals surface area contributed by atoms with Crippen LogP contribution in [0.15, 0.2) is 54.2 Å². The second-order valence-corrected chi connectivity index (χ2v) is 5.92. The summed E-state index contributed by atoms with van der Waals surface area (Å²) in [6, 6.07) is 14.2.